The molecule has 4 bridgehead atoms. The largest absolute Gasteiger partial charge is 0.481 e. The quantitative estimate of drug-likeness (QED) is 0.704. The predicted molar refractivity (Wildman–Crippen MR) is 108 cm³/mol. The summed E-state index contributed by atoms with van der Waals surface area (Å²) >= 11 is 6.47. The van der Waals surface area contributed by atoms with E-state index in [4.69, 9.17) is 11.6 Å². The summed E-state index contributed by atoms with van der Waals surface area (Å²) < 4.78 is 1.40. The fourth-order valence-electron chi connectivity index (χ4n) is 6.44. The second-order valence-electron chi connectivity index (χ2n) is 9.05. The minimum Gasteiger partial charge on any atom is -0.481 e. The Morgan fingerprint density at radius 2 is 2.00 bits per heavy atom. The Morgan fingerprint density at radius 3 is 2.59 bits per heavy atom. The van der Waals surface area contributed by atoms with Crippen LogP contribution in [-0.2, 0) is 10.3 Å². The number of H-pyrrole nitrogens is 1. The zero-order valence-corrected chi connectivity index (χ0v) is 17.2. The van der Waals surface area contributed by atoms with Crippen LogP contribution in [0.1, 0.15) is 43.5 Å². The van der Waals surface area contributed by atoms with Gasteiger partial charge in [-0.3, -0.25) is 14.7 Å². The van der Waals surface area contributed by atoms with E-state index in [9.17, 15) is 14.7 Å². The molecule has 3 atom stereocenters. The number of nitrogens with zero attached hydrogens (tertiary/aromatic N) is 3. The highest BCUT2D eigenvalue weighted by Crippen LogP contribution is 2.61. The Kier molecular flexibility index (Phi) is 4.07. The van der Waals surface area contributed by atoms with Gasteiger partial charge >= 0.3 is 5.97 Å². The summed E-state index contributed by atoms with van der Waals surface area (Å²) in [5, 5.41) is 24.7. The van der Waals surface area contributed by atoms with E-state index < -0.39 is 23.0 Å². The minimum absolute atomic E-state index is 0.0277. The first kappa shape index (κ1) is 18.7. The highest BCUT2D eigenvalue weighted by molar-refractivity contribution is 6.33. The molecule has 2 aromatic rings. The molecule has 29 heavy (non-hydrogen) atoms. The van der Waals surface area contributed by atoms with Crippen LogP contribution < -0.4 is 10.9 Å². The second-order valence-corrected chi connectivity index (χ2v) is 9.43. The number of aromatic amines is 1. The van der Waals surface area contributed by atoms with Crippen LogP contribution in [0.25, 0.3) is 0 Å². The number of halogens is 1. The lowest BCUT2D eigenvalue weighted by atomic mass is 9.48. The maximum Gasteiger partial charge on any atom is 0.309 e. The maximum atomic E-state index is 13.3. The van der Waals surface area contributed by atoms with Crippen molar-refractivity contribution in [2.45, 2.75) is 51.5 Å². The van der Waals surface area contributed by atoms with Crippen LogP contribution >= 0.6 is 11.6 Å². The van der Waals surface area contributed by atoms with Gasteiger partial charge in [-0.25, -0.2) is 4.68 Å². The molecular weight excluding hydrogens is 394 g/mol. The highest BCUT2D eigenvalue weighted by atomic mass is 35.5. The van der Waals surface area contributed by atoms with Crippen LogP contribution in [0.15, 0.2) is 11.0 Å². The van der Waals surface area contributed by atoms with E-state index in [0.29, 0.717) is 30.4 Å². The molecule has 0 amide bonds. The van der Waals surface area contributed by atoms with Crippen molar-refractivity contribution in [1.82, 2.24) is 20.0 Å². The van der Waals surface area contributed by atoms with Gasteiger partial charge in [0.1, 0.15) is 5.02 Å². The molecule has 154 valence electrons. The van der Waals surface area contributed by atoms with Gasteiger partial charge in [-0.15, -0.1) is 0 Å². The minimum atomic E-state index is -0.828. The summed E-state index contributed by atoms with van der Waals surface area (Å²) in [5.41, 5.74) is 1.54. The van der Waals surface area contributed by atoms with Crippen LogP contribution in [-0.4, -0.2) is 31.1 Å². The Morgan fingerprint density at radius 1 is 1.31 bits per heavy atom. The molecule has 2 aromatic heterocycles. The standard InChI is InChI=1S/C20H24ClN5O3/c1-9-17(10(2)25-24-9)23-14-8-22-26(18(27)16(14)21)20-6-11-3-12(7-20)5-13(4-11)15(20)19(28)29/h8,11-13,15,23H,3-7H2,1-2H3,(H,24,25)(H,28,29). The maximum absolute atomic E-state index is 13.3. The van der Waals surface area contributed by atoms with E-state index in [1.165, 1.54) is 10.9 Å². The average Bonchev–Trinajstić information content (AvgIpc) is 2.96. The molecule has 4 saturated carbocycles. The number of carbonyl (C=O) groups is 1. The molecule has 0 radical (unpaired) electrons. The number of nitrogens with one attached hydrogen (secondary N) is 2. The van der Waals surface area contributed by atoms with Crippen molar-refractivity contribution in [2.24, 2.45) is 23.7 Å². The van der Waals surface area contributed by atoms with Gasteiger partial charge in [-0.2, -0.15) is 10.2 Å². The van der Waals surface area contributed by atoms with E-state index in [0.717, 1.165) is 36.3 Å². The van der Waals surface area contributed by atoms with E-state index in [1.807, 2.05) is 13.8 Å². The number of aryl methyl sites for hydroxylation is 2. The zero-order valence-electron chi connectivity index (χ0n) is 16.4. The third kappa shape index (κ3) is 2.64. The van der Waals surface area contributed by atoms with Crippen molar-refractivity contribution in [2.75, 3.05) is 5.32 Å². The van der Waals surface area contributed by atoms with Crippen molar-refractivity contribution in [3.8, 4) is 0 Å². The zero-order chi connectivity index (χ0) is 20.5. The van der Waals surface area contributed by atoms with Gasteiger partial charge in [0.05, 0.1) is 40.4 Å². The van der Waals surface area contributed by atoms with Crippen molar-refractivity contribution in [3.05, 3.63) is 33.0 Å². The van der Waals surface area contributed by atoms with Crippen LogP contribution in [0.5, 0.6) is 0 Å². The molecule has 0 spiro atoms. The van der Waals surface area contributed by atoms with Gasteiger partial charge in [0, 0.05) is 0 Å². The van der Waals surface area contributed by atoms with Gasteiger partial charge in [0.25, 0.3) is 5.56 Å². The number of aliphatic carboxylic acids is 1. The molecular formula is C20H24ClN5O3. The second kappa shape index (κ2) is 6.32. The third-order valence-corrected chi connectivity index (χ3v) is 7.63. The number of anilines is 2. The van der Waals surface area contributed by atoms with Crippen molar-refractivity contribution < 1.29 is 9.90 Å². The lowest BCUT2D eigenvalue weighted by Crippen LogP contribution is -2.63. The van der Waals surface area contributed by atoms with E-state index in [1.54, 1.807) is 0 Å². The highest BCUT2D eigenvalue weighted by Gasteiger charge is 2.61. The number of carboxylic acids is 1. The van der Waals surface area contributed by atoms with Crippen LogP contribution in [0.2, 0.25) is 5.02 Å². The van der Waals surface area contributed by atoms with Crippen molar-refractivity contribution >= 4 is 28.9 Å². The first-order chi connectivity index (χ1) is 13.8. The molecule has 3 unspecified atom stereocenters. The molecule has 4 aliphatic rings. The Bertz CT molecular complexity index is 1030. The fourth-order valence-corrected chi connectivity index (χ4v) is 6.62. The number of hydrogen-bond acceptors (Lipinski definition) is 5. The summed E-state index contributed by atoms with van der Waals surface area (Å²) in [7, 11) is 0. The summed E-state index contributed by atoms with van der Waals surface area (Å²) in [5.74, 6) is -0.381. The van der Waals surface area contributed by atoms with Crippen LogP contribution in [0.3, 0.4) is 0 Å². The average molecular weight is 418 g/mol. The smallest absolute Gasteiger partial charge is 0.309 e. The number of hydrogen-bond donors (Lipinski definition) is 3. The van der Waals surface area contributed by atoms with E-state index in [-0.39, 0.29) is 10.9 Å². The topological polar surface area (TPSA) is 113 Å². The molecule has 4 fully saturated rings. The molecule has 8 nitrogen and oxygen atoms in total. The summed E-state index contributed by atoms with van der Waals surface area (Å²) in [6.45, 7) is 3.72. The number of carboxylic acid groups (broad SMARTS) is 1. The Labute approximate surface area is 172 Å². The Balaban J connectivity index is 1.59. The summed E-state index contributed by atoms with van der Waals surface area (Å²) in [6.07, 6.45) is 5.92. The van der Waals surface area contributed by atoms with Gasteiger partial charge in [0.2, 0.25) is 0 Å². The SMILES string of the molecule is Cc1n[nH]c(C)c1Nc1cnn(C23CC4CC(CC(C4)C2C(=O)O)C3)c(=O)c1Cl. The molecule has 4 aliphatic carbocycles. The third-order valence-electron chi connectivity index (χ3n) is 7.27. The molecule has 9 heteroatoms. The molecule has 0 aromatic carbocycles. The van der Waals surface area contributed by atoms with Gasteiger partial charge in [-0.1, -0.05) is 11.6 Å². The lowest BCUT2D eigenvalue weighted by Gasteiger charge is -2.59. The van der Waals surface area contributed by atoms with Crippen LogP contribution in [0.4, 0.5) is 11.4 Å². The van der Waals surface area contributed by atoms with Gasteiger partial charge < -0.3 is 10.4 Å². The normalized spacial score (nSPS) is 32.5. The fraction of sp³-hybridized carbons (Fsp3) is 0.600. The van der Waals surface area contributed by atoms with E-state index >= 15 is 0 Å². The first-order valence-electron chi connectivity index (χ1n) is 10.1. The Hall–Kier alpha value is -2.35. The van der Waals surface area contributed by atoms with Gasteiger partial charge in [-0.05, 0) is 63.7 Å². The predicted octanol–water partition coefficient (Wildman–Crippen LogP) is 3.22. The van der Waals surface area contributed by atoms with E-state index in [2.05, 4.69) is 20.6 Å². The first-order valence-corrected chi connectivity index (χ1v) is 10.5. The molecule has 3 N–H and O–H groups in total. The summed E-state index contributed by atoms with van der Waals surface area (Å²) in [4.78, 5) is 25.5. The van der Waals surface area contributed by atoms with Crippen molar-refractivity contribution in [1.29, 1.82) is 0 Å². The number of rotatable bonds is 4. The lowest BCUT2D eigenvalue weighted by molar-refractivity contribution is -0.168. The summed E-state index contributed by atoms with van der Waals surface area (Å²) in [6, 6.07) is 0. The van der Waals surface area contributed by atoms with Crippen LogP contribution in [0, 0.1) is 37.5 Å². The molecule has 0 aliphatic heterocycles. The number of aromatic nitrogens is 4. The van der Waals surface area contributed by atoms with Gasteiger partial charge in [0.15, 0.2) is 0 Å². The molecule has 6 rings (SSSR count). The van der Waals surface area contributed by atoms with Crippen molar-refractivity contribution in [3.63, 3.8) is 0 Å². The monoisotopic (exact) mass is 417 g/mol. The molecule has 2 heterocycles. The molecule has 0 saturated heterocycles.